The molecule has 0 aliphatic carbocycles. The molecule has 0 spiro atoms. The van der Waals surface area contributed by atoms with Crippen LogP contribution in [0.1, 0.15) is 71.1 Å². The molecule has 2 N–H and O–H groups in total. The van der Waals surface area contributed by atoms with Crippen molar-refractivity contribution in [1.29, 1.82) is 5.41 Å². The third-order valence-corrected chi connectivity index (χ3v) is 3.91. The number of aliphatic hydroxyl groups excluding tert-OH is 1. The van der Waals surface area contributed by atoms with Crippen molar-refractivity contribution in [3.63, 3.8) is 0 Å². The molecule has 2 aromatic carbocycles. The van der Waals surface area contributed by atoms with Crippen LogP contribution in [0.5, 0.6) is 0 Å². The summed E-state index contributed by atoms with van der Waals surface area (Å²) in [4.78, 5) is 2.19. The Bertz CT molecular complexity index is 579. The average molecular weight is 403 g/mol. The third kappa shape index (κ3) is 15.5. The number of likely N-dealkylation sites (tertiary alicyclic amines) is 1. The zero-order valence-corrected chi connectivity index (χ0v) is 19.1. The zero-order valence-electron chi connectivity index (χ0n) is 19.1. The molecule has 2 aromatic rings. The first-order valence-corrected chi connectivity index (χ1v) is 10.5. The molecule has 1 heterocycles. The van der Waals surface area contributed by atoms with Crippen LogP contribution in [0.3, 0.4) is 0 Å². The number of benzene rings is 2. The van der Waals surface area contributed by atoms with Crippen molar-refractivity contribution in [2.45, 2.75) is 74.8 Å². The summed E-state index contributed by atoms with van der Waals surface area (Å²) < 4.78 is 0. The van der Waals surface area contributed by atoms with Crippen LogP contribution >= 0.6 is 0 Å². The SMILES string of the molecule is C.CC.CC.CO.Cc1ccc(CN2CCCCC2=N)cc1.Cc1ccccc1. The zero-order chi connectivity index (χ0) is 21.8. The molecule has 1 aliphatic heterocycles. The van der Waals surface area contributed by atoms with Crippen LogP contribution in [0.25, 0.3) is 0 Å². The van der Waals surface area contributed by atoms with Gasteiger partial charge >= 0.3 is 0 Å². The maximum atomic E-state index is 7.86. The summed E-state index contributed by atoms with van der Waals surface area (Å²) in [5, 5.41) is 14.9. The molecule has 0 unspecified atom stereocenters. The first kappa shape index (κ1) is 31.6. The van der Waals surface area contributed by atoms with E-state index in [9.17, 15) is 0 Å². The van der Waals surface area contributed by atoms with Crippen LogP contribution in [0.4, 0.5) is 0 Å². The summed E-state index contributed by atoms with van der Waals surface area (Å²) in [6, 6.07) is 18.9. The molecule has 1 aliphatic rings. The van der Waals surface area contributed by atoms with Gasteiger partial charge in [0, 0.05) is 26.6 Å². The van der Waals surface area contributed by atoms with Crippen LogP contribution in [0.2, 0.25) is 0 Å². The van der Waals surface area contributed by atoms with E-state index in [0.29, 0.717) is 0 Å². The van der Waals surface area contributed by atoms with Gasteiger partial charge in [-0.3, -0.25) is 5.41 Å². The monoisotopic (exact) mass is 402 g/mol. The van der Waals surface area contributed by atoms with E-state index in [2.05, 4.69) is 55.1 Å². The Morgan fingerprint density at radius 2 is 1.28 bits per heavy atom. The smallest absolute Gasteiger partial charge is 0.0960 e. The first-order chi connectivity index (χ1) is 13.6. The number of hydrogen-bond acceptors (Lipinski definition) is 2. The van der Waals surface area contributed by atoms with Crippen molar-refractivity contribution in [3.8, 4) is 0 Å². The molecule has 0 amide bonds. The molecule has 1 saturated heterocycles. The minimum Gasteiger partial charge on any atom is -0.400 e. The van der Waals surface area contributed by atoms with E-state index in [4.69, 9.17) is 10.5 Å². The third-order valence-electron chi connectivity index (χ3n) is 3.91. The fourth-order valence-electron chi connectivity index (χ4n) is 2.51. The fraction of sp³-hybridized carbons (Fsp3) is 0.500. The second kappa shape index (κ2) is 22.2. The van der Waals surface area contributed by atoms with E-state index in [1.807, 2.05) is 45.9 Å². The van der Waals surface area contributed by atoms with Gasteiger partial charge in [0.1, 0.15) is 0 Å². The Hall–Kier alpha value is -2.13. The van der Waals surface area contributed by atoms with Crippen LogP contribution in [-0.2, 0) is 6.54 Å². The molecule has 3 nitrogen and oxygen atoms in total. The summed E-state index contributed by atoms with van der Waals surface area (Å²) in [6.45, 7) is 14.1. The number of nitrogens with zero attached hydrogens (tertiary/aromatic N) is 1. The normalized spacial score (nSPS) is 11.4. The molecule has 0 atom stereocenters. The summed E-state index contributed by atoms with van der Waals surface area (Å²) in [7, 11) is 1.00. The predicted molar refractivity (Wildman–Crippen MR) is 132 cm³/mol. The van der Waals surface area contributed by atoms with Gasteiger partial charge in [0.15, 0.2) is 0 Å². The molecule has 0 radical (unpaired) electrons. The Balaban J connectivity index is -0.000000409. The lowest BCUT2D eigenvalue weighted by atomic mass is 10.1. The molecule has 3 heteroatoms. The molecule has 166 valence electrons. The molecule has 0 bridgehead atoms. The Labute approximate surface area is 181 Å². The van der Waals surface area contributed by atoms with Gasteiger partial charge in [0.25, 0.3) is 0 Å². The van der Waals surface area contributed by atoms with Gasteiger partial charge in [-0.15, -0.1) is 0 Å². The van der Waals surface area contributed by atoms with Gasteiger partial charge in [-0.1, -0.05) is 101 Å². The Kier molecular flexibility index (Phi) is 24.1. The second-order valence-corrected chi connectivity index (χ2v) is 5.97. The largest absolute Gasteiger partial charge is 0.400 e. The fourth-order valence-corrected chi connectivity index (χ4v) is 2.51. The van der Waals surface area contributed by atoms with Crippen LogP contribution < -0.4 is 0 Å². The summed E-state index contributed by atoms with van der Waals surface area (Å²) in [5.74, 6) is 0.807. The van der Waals surface area contributed by atoms with Gasteiger partial charge < -0.3 is 10.0 Å². The van der Waals surface area contributed by atoms with Gasteiger partial charge in [-0.2, -0.15) is 0 Å². The van der Waals surface area contributed by atoms with Gasteiger partial charge in [0.05, 0.1) is 5.84 Å². The highest BCUT2D eigenvalue weighted by Crippen LogP contribution is 2.14. The molecule has 29 heavy (non-hydrogen) atoms. The second-order valence-electron chi connectivity index (χ2n) is 5.97. The number of nitrogens with one attached hydrogen (secondary N) is 1. The van der Waals surface area contributed by atoms with E-state index in [1.54, 1.807) is 0 Å². The number of piperidine rings is 1. The highest BCUT2D eigenvalue weighted by atomic mass is 16.2. The lowest BCUT2D eigenvalue weighted by molar-refractivity contribution is 0.361. The number of aliphatic hydroxyl groups is 1. The Morgan fingerprint density at radius 3 is 1.69 bits per heavy atom. The number of amidine groups is 1. The topological polar surface area (TPSA) is 47.3 Å². The van der Waals surface area contributed by atoms with E-state index in [1.165, 1.54) is 29.5 Å². The molecular formula is C26H46N2O. The molecule has 1 fully saturated rings. The lowest BCUT2D eigenvalue weighted by Gasteiger charge is -2.29. The summed E-state index contributed by atoms with van der Waals surface area (Å²) in [5.41, 5.74) is 3.93. The van der Waals surface area contributed by atoms with Crippen molar-refractivity contribution in [3.05, 3.63) is 71.3 Å². The molecule has 3 rings (SSSR count). The van der Waals surface area contributed by atoms with E-state index in [-0.39, 0.29) is 7.43 Å². The van der Waals surface area contributed by atoms with Crippen molar-refractivity contribution in [2.24, 2.45) is 0 Å². The number of aryl methyl sites for hydroxylation is 2. The maximum Gasteiger partial charge on any atom is 0.0960 e. The van der Waals surface area contributed by atoms with Crippen LogP contribution in [0.15, 0.2) is 54.6 Å². The Morgan fingerprint density at radius 1 is 0.793 bits per heavy atom. The maximum absolute atomic E-state index is 7.86. The number of hydrogen-bond donors (Lipinski definition) is 2. The number of rotatable bonds is 2. The minimum atomic E-state index is 0. The van der Waals surface area contributed by atoms with Crippen molar-refractivity contribution in [2.75, 3.05) is 13.7 Å². The van der Waals surface area contributed by atoms with E-state index >= 15 is 0 Å². The summed E-state index contributed by atoms with van der Waals surface area (Å²) in [6.07, 6.45) is 3.36. The first-order valence-electron chi connectivity index (χ1n) is 10.5. The predicted octanol–water partition coefficient (Wildman–Crippen LogP) is 7.25. The van der Waals surface area contributed by atoms with Crippen molar-refractivity contribution in [1.82, 2.24) is 4.90 Å². The molecule has 0 saturated carbocycles. The van der Waals surface area contributed by atoms with E-state index < -0.39 is 0 Å². The lowest BCUT2D eigenvalue weighted by Crippen LogP contribution is -2.34. The van der Waals surface area contributed by atoms with Crippen molar-refractivity contribution < 1.29 is 5.11 Å². The van der Waals surface area contributed by atoms with Gasteiger partial charge in [0.2, 0.25) is 0 Å². The van der Waals surface area contributed by atoms with Gasteiger partial charge in [-0.05, 0) is 32.3 Å². The van der Waals surface area contributed by atoms with Crippen LogP contribution in [-0.4, -0.2) is 29.5 Å². The minimum absolute atomic E-state index is 0. The standard InChI is InChI=1S/C13H18N2.C7H8.2C2H6.CH4O.CH4/c1-11-5-7-12(8-6-11)10-15-9-3-2-4-13(15)14;1-7-5-3-2-4-6-7;3*1-2;/h5-8,14H,2-4,9-10H2,1H3;2-6H,1H3;2*1-2H3;2H,1H3;1H4. The summed E-state index contributed by atoms with van der Waals surface area (Å²) >= 11 is 0. The van der Waals surface area contributed by atoms with Crippen molar-refractivity contribution >= 4 is 5.84 Å². The van der Waals surface area contributed by atoms with Gasteiger partial charge in [-0.25, -0.2) is 0 Å². The quantitative estimate of drug-likeness (QED) is 0.555. The van der Waals surface area contributed by atoms with E-state index in [0.717, 1.165) is 32.5 Å². The highest BCUT2D eigenvalue weighted by Gasteiger charge is 2.14. The average Bonchev–Trinajstić information content (AvgIpc) is 2.77. The highest BCUT2D eigenvalue weighted by molar-refractivity contribution is 5.79. The molecule has 0 aromatic heterocycles. The van der Waals surface area contributed by atoms with Crippen LogP contribution in [0, 0.1) is 19.3 Å². The molecular weight excluding hydrogens is 356 g/mol.